The lowest BCUT2D eigenvalue weighted by atomic mass is 9.85. The van der Waals surface area contributed by atoms with Crippen LogP contribution in [-0.2, 0) is 6.42 Å². The van der Waals surface area contributed by atoms with Crippen LogP contribution in [0.2, 0.25) is 0 Å². The molecule has 0 fully saturated rings. The van der Waals surface area contributed by atoms with Gasteiger partial charge in [-0.2, -0.15) is 0 Å². The molecule has 3 heteroatoms. The second-order valence-electron chi connectivity index (χ2n) is 6.82. The van der Waals surface area contributed by atoms with Crippen LogP contribution >= 0.6 is 0 Å². The number of benzene rings is 1. The third kappa shape index (κ3) is 5.72. The number of aromatic nitrogens is 2. The molecule has 1 aromatic carbocycles. The van der Waals surface area contributed by atoms with Gasteiger partial charge in [0.05, 0.1) is 0 Å². The third-order valence-corrected chi connectivity index (χ3v) is 3.55. The summed E-state index contributed by atoms with van der Waals surface area (Å²) in [4.78, 5) is 7.42. The van der Waals surface area contributed by atoms with Crippen molar-refractivity contribution >= 4 is 0 Å². The van der Waals surface area contributed by atoms with E-state index in [4.69, 9.17) is 0 Å². The van der Waals surface area contributed by atoms with Crippen LogP contribution in [0.1, 0.15) is 51.0 Å². The lowest BCUT2D eigenvalue weighted by molar-refractivity contribution is 0.310. The van der Waals surface area contributed by atoms with Gasteiger partial charge in [-0.1, -0.05) is 51.1 Å². The number of aromatic amines is 1. The molecule has 0 bridgehead atoms. The molecule has 0 amide bonds. The summed E-state index contributed by atoms with van der Waals surface area (Å²) in [5, 5.41) is 3.71. The predicted molar refractivity (Wildman–Crippen MR) is 88.2 cm³/mol. The minimum Gasteiger partial charge on any atom is -0.349 e. The molecular weight excluding hydrogens is 258 g/mol. The van der Waals surface area contributed by atoms with Crippen LogP contribution in [0.3, 0.4) is 0 Å². The van der Waals surface area contributed by atoms with Crippen LogP contribution in [0.4, 0.5) is 0 Å². The molecule has 2 aromatic rings. The van der Waals surface area contributed by atoms with E-state index in [9.17, 15) is 0 Å². The molecule has 0 radical (unpaired) electrons. The number of hydrogen-bond acceptors (Lipinski definition) is 2. The Morgan fingerprint density at radius 3 is 2.57 bits per heavy atom. The van der Waals surface area contributed by atoms with Crippen molar-refractivity contribution in [3.05, 3.63) is 54.1 Å². The quantitative estimate of drug-likeness (QED) is 0.752. The molecule has 0 aliphatic heterocycles. The van der Waals surface area contributed by atoms with E-state index >= 15 is 0 Å². The van der Waals surface area contributed by atoms with Crippen LogP contribution < -0.4 is 5.32 Å². The van der Waals surface area contributed by atoms with Crippen LogP contribution in [0.25, 0.3) is 0 Å². The molecule has 0 spiro atoms. The topological polar surface area (TPSA) is 40.7 Å². The minimum absolute atomic E-state index is 0.314. The van der Waals surface area contributed by atoms with Gasteiger partial charge in [0.2, 0.25) is 0 Å². The molecule has 0 saturated heterocycles. The Kier molecular flexibility index (Phi) is 5.57. The van der Waals surface area contributed by atoms with E-state index in [1.54, 1.807) is 0 Å². The summed E-state index contributed by atoms with van der Waals surface area (Å²) < 4.78 is 0. The van der Waals surface area contributed by atoms with Gasteiger partial charge in [-0.25, -0.2) is 4.98 Å². The summed E-state index contributed by atoms with van der Waals surface area (Å²) >= 11 is 0. The van der Waals surface area contributed by atoms with Crippen LogP contribution in [-0.4, -0.2) is 16.5 Å². The van der Waals surface area contributed by atoms with E-state index in [0.717, 1.165) is 31.6 Å². The van der Waals surface area contributed by atoms with Gasteiger partial charge in [0.25, 0.3) is 0 Å². The number of imidazole rings is 1. The molecule has 2 rings (SSSR count). The Balaban J connectivity index is 1.87. The fourth-order valence-corrected chi connectivity index (χ4v) is 2.57. The molecule has 0 aliphatic carbocycles. The number of nitrogens with zero attached hydrogens (tertiary/aromatic N) is 1. The van der Waals surface area contributed by atoms with Crippen molar-refractivity contribution in [1.29, 1.82) is 0 Å². The minimum atomic E-state index is 0.314. The third-order valence-electron chi connectivity index (χ3n) is 3.55. The Labute approximate surface area is 128 Å². The van der Waals surface area contributed by atoms with E-state index in [2.05, 4.69) is 66.4 Å². The molecule has 0 saturated carbocycles. The van der Waals surface area contributed by atoms with E-state index in [0.29, 0.717) is 11.5 Å². The summed E-state index contributed by atoms with van der Waals surface area (Å²) in [5.74, 6) is 1.07. The van der Waals surface area contributed by atoms with Gasteiger partial charge in [-0.15, -0.1) is 0 Å². The fourth-order valence-electron chi connectivity index (χ4n) is 2.57. The average molecular weight is 285 g/mol. The highest BCUT2D eigenvalue weighted by atomic mass is 14.9. The lowest BCUT2D eigenvalue weighted by Gasteiger charge is -2.27. The summed E-state index contributed by atoms with van der Waals surface area (Å²) in [6.07, 6.45) is 6.93. The molecule has 2 N–H and O–H groups in total. The number of rotatable bonds is 7. The summed E-state index contributed by atoms with van der Waals surface area (Å²) in [7, 11) is 0. The molecule has 0 aliphatic rings. The largest absolute Gasteiger partial charge is 0.349 e. The maximum atomic E-state index is 4.27. The van der Waals surface area contributed by atoms with Gasteiger partial charge in [0, 0.05) is 24.9 Å². The molecule has 1 heterocycles. The zero-order valence-electron chi connectivity index (χ0n) is 13.4. The lowest BCUT2D eigenvalue weighted by Crippen LogP contribution is -2.27. The summed E-state index contributed by atoms with van der Waals surface area (Å²) in [6.45, 7) is 7.91. The van der Waals surface area contributed by atoms with Crippen LogP contribution in [0, 0.1) is 5.41 Å². The van der Waals surface area contributed by atoms with Crippen molar-refractivity contribution < 1.29 is 0 Å². The molecule has 1 aromatic heterocycles. The summed E-state index contributed by atoms with van der Waals surface area (Å²) in [6, 6.07) is 11.2. The van der Waals surface area contributed by atoms with Gasteiger partial charge in [-0.05, 0) is 30.4 Å². The van der Waals surface area contributed by atoms with Gasteiger partial charge in [-0.3, -0.25) is 0 Å². The highest BCUT2D eigenvalue weighted by Crippen LogP contribution is 2.29. The Hall–Kier alpha value is -1.61. The van der Waals surface area contributed by atoms with Gasteiger partial charge >= 0.3 is 0 Å². The molecule has 21 heavy (non-hydrogen) atoms. The molecular formula is C18H27N3. The summed E-state index contributed by atoms with van der Waals surface area (Å²) in [5.41, 5.74) is 1.69. The molecule has 1 atom stereocenters. The van der Waals surface area contributed by atoms with Crippen molar-refractivity contribution in [1.82, 2.24) is 15.3 Å². The average Bonchev–Trinajstić information content (AvgIpc) is 2.95. The van der Waals surface area contributed by atoms with Crippen LogP contribution in [0.5, 0.6) is 0 Å². The maximum Gasteiger partial charge on any atom is 0.106 e. The van der Waals surface area contributed by atoms with Crippen molar-refractivity contribution in [3.8, 4) is 0 Å². The SMILES string of the molecule is CC(C)(C)CC(NCCCc1ncc[nH]1)c1ccccc1. The monoisotopic (exact) mass is 285 g/mol. The van der Waals surface area contributed by atoms with Crippen LogP contribution in [0.15, 0.2) is 42.7 Å². The second kappa shape index (κ2) is 7.41. The number of aryl methyl sites for hydroxylation is 1. The van der Waals surface area contributed by atoms with Crippen molar-refractivity contribution in [2.75, 3.05) is 6.54 Å². The zero-order valence-corrected chi connectivity index (χ0v) is 13.4. The van der Waals surface area contributed by atoms with Gasteiger partial charge in [0.1, 0.15) is 5.82 Å². The molecule has 1 unspecified atom stereocenters. The first kappa shape index (κ1) is 15.8. The van der Waals surface area contributed by atoms with Gasteiger partial charge < -0.3 is 10.3 Å². The normalized spacial score (nSPS) is 13.3. The zero-order chi connectivity index (χ0) is 15.1. The van der Waals surface area contributed by atoms with Gasteiger partial charge in [0.15, 0.2) is 0 Å². The Bertz CT molecular complexity index is 497. The maximum absolute atomic E-state index is 4.27. The molecule has 114 valence electrons. The van der Waals surface area contributed by atoms with E-state index < -0.39 is 0 Å². The fraction of sp³-hybridized carbons (Fsp3) is 0.500. The number of hydrogen-bond donors (Lipinski definition) is 2. The van der Waals surface area contributed by atoms with E-state index in [1.165, 1.54) is 5.56 Å². The van der Waals surface area contributed by atoms with E-state index in [-0.39, 0.29) is 0 Å². The number of H-pyrrole nitrogens is 1. The standard InChI is InChI=1S/C18H27N3/c1-18(2,3)14-16(15-8-5-4-6-9-15)19-11-7-10-17-20-12-13-21-17/h4-6,8-9,12-13,16,19H,7,10-11,14H2,1-3H3,(H,20,21). The first-order valence-electron chi connectivity index (χ1n) is 7.81. The Morgan fingerprint density at radius 1 is 1.19 bits per heavy atom. The van der Waals surface area contributed by atoms with Crippen molar-refractivity contribution in [2.45, 2.75) is 46.1 Å². The highest BCUT2D eigenvalue weighted by molar-refractivity contribution is 5.19. The first-order valence-corrected chi connectivity index (χ1v) is 7.81. The van der Waals surface area contributed by atoms with E-state index in [1.807, 2.05) is 12.4 Å². The van der Waals surface area contributed by atoms with Crippen molar-refractivity contribution in [3.63, 3.8) is 0 Å². The first-order chi connectivity index (χ1) is 10.0. The smallest absolute Gasteiger partial charge is 0.106 e. The number of nitrogens with one attached hydrogen (secondary N) is 2. The van der Waals surface area contributed by atoms with Crippen molar-refractivity contribution in [2.24, 2.45) is 5.41 Å². The Morgan fingerprint density at radius 2 is 1.95 bits per heavy atom. The second-order valence-corrected chi connectivity index (χ2v) is 6.82. The highest BCUT2D eigenvalue weighted by Gasteiger charge is 2.19. The predicted octanol–water partition coefficient (Wildman–Crippen LogP) is 4.11. The molecule has 3 nitrogen and oxygen atoms in total.